The van der Waals surface area contributed by atoms with E-state index in [1.54, 1.807) is 11.3 Å². The largest absolute Gasteiger partial charge is 0.494 e. The number of nitrogens with one attached hydrogen (secondary N) is 1. The fraction of sp³-hybridized carbons (Fsp3) is 0.286. The fourth-order valence-electron chi connectivity index (χ4n) is 2.67. The van der Waals surface area contributed by atoms with Crippen molar-refractivity contribution in [1.29, 1.82) is 0 Å². The molecule has 0 aliphatic rings. The van der Waals surface area contributed by atoms with Gasteiger partial charge in [-0.3, -0.25) is 0 Å². The molecule has 0 aliphatic carbocycles. The van der Waals surface area contributed by atoms with Gasteiger partial charge in [0.2, 0.25) is 0 Å². The van der Waals surface area contributed by atoms with Gasteiger partial charge in [0.1, 0.15) is 5.75 Å². The minimum absolute atomic E-state index is 0. The lowest BCUT2D eigenvalue weighted by Gasteiger charge is -2.06. The monoisotopic (exact) mass is 432 g/mol. The average molecular weight is 433 g/mol. The Hall–Kier alpha value is -1.85. The van der Waals surface area contributed by atoms with E-state index in [2.05, 4.69) is 48.8 Å². The maximum absolute atomic E-state index is 5.47. The Balaban J connectivity index is 0.00000243. The van der Waals surface area contributed by atoms with Crippen LogP contribution in [0.3, 0.4) is 0 Å². The summed E-state index contributed by atoms with van der Waals surface area (Å²) in [6, 6.07) is 16.7. The van der Waals surface area contributed by atoms with Crippen LogP contribution >= 0.6 is 28.3 Å². The van der Waals surface area contributed by atoms with Crippen molar-refractivity contribution in [3.05, 3.63) is 59.5 Å². The summed E-state index contributed by atoms with van der Waals surface area (Å²) in [4.78, 5) is 4.70. The van der Waals surface area contributed by atoms with Gasteiger partial charge < -0.3 is 10.1 Å². The third kappa shape index (κ3) is 5.58. The normalized spacial score (nSPS) is 10.5. The molecule has 0 bridgehead atoms. The first-order chi connectivity index (χ1) is 12.1. The van der Waals surface area contributed by atoms with Gasteiger partial charge >= 0.3 is 0 Å². The van der Waals surface area contributed by atoms with Crippen molar-refractivity contribution < 1.29 is 4.74 Å². The molecule has 1 N–H and O–H groups in total. The summed E-state index contributed by atoms with van der Waals surface area (Å²) in [5, 5.41) is 6.34. The Morgan fingerprint density at radius 1 is 1.04 bits per heavy atom. The molecule has 0 amide bonds. The molecular formula is C21H25BrN2OS. The Morgan fingerprint density at radius 2 is 1.73 bits per heavy atom. The lowest BCUT2D eigenvalue weighted by molar-refractivity contribution is 0.340. The predicted molar refractivity (Wildman–Crippen MR) is 117 cm³/mol. The fourth-order valence-corrected chi connectivity index (χ4v) is 3.41. The van der Waals surface area contributed by atoms with Crippen LogP contribution in [0.1, 0.15) is 26.3 Å². The van der Waals surface area contributed by atoms with Crippen molar-refractivity contribution in [1.82, 2.24) is 4.98 Å². The molecule has 5 heteroatoms. The van der Waals surface area contributed by atoms with Crippen LogP contribution in [0.2, 0.25) is 0 Å². The number of nitrogens with zero attached hydrogens (tertiary/aromatic N) is 1. The van der Waals surface area contributed by atoms with Gasteiger partial charge in [-0.15, -0.1) is 28.3 Å². The van der Waals surface area contributed by atoms with E-state index < -0.39 is 0 Å². The SMILES string of the molecule is Br.CCOc1ccc(Nc2nc(-c3ccc(CC(C)C)cc3)cs2)cc1. The van der Waals surface area contributed by atoms with Crippen LogP contribution in [0, 0.1) is 5.92 Å². The molecule has 26 heavy (non-hydrogen) atoms. The standard InChI is InChI=1S/C21H24N2OS.BrH/c1-4-24-19-11-9-18(10-12-19)22-21-23-20(14-25-21)17-7-5-16(6-8-17)13-15(2)3;/h5-12,14-15H,4,13H2,1-3H3,(H,22,23);1H. The first kappa shape index (κ1) is 20.5. The van der Waals surface area contributed by atoms with Crippen LogP contribution in [0.4, 0.5) is 10.8 Å². The molecule has 0 fully saturated rings. The molecule has 3 aromatic rings. The molecular weight excluding hydrogens is 408 g/mol. The molecule has 0 atom stereocenters. The maximum Gasteiger partial charge on any atom is 0.187 e. The number of rotatable bonds is 7. The second kappa shape index (κ2) is 9.74. The van der Waals surface area contributed by atoms with Gasteiger partial charge in [0.05, 0.1) is 12.3 Å². The van der Waals surface area contributed by atoms with Crippen molar-refractivity contribution >= 4 is 39.1 Å². The summed E-state index contributed by atoms with van der Waals surface area (Å²) in [6.07, 6.45) is 1.11. The van der Waals surface area contributed by atoms with Crippen molar-refractivity contribution in [3.63, 3.8) is 0 Å². The molecule has 0 unspecified atom stereocenters. The molecule has 2 aromatic carbocycles. The summed E-state index contributed by atoms with van der Waals surface area (Å²) >= 11 is 1.62. The maximum atomic E-state index is 5.47. The van der Waals surface area contributed by atoms with Crippen molar-refractivity contribution in [3.8, 4) is 17.0 Å². The van der Waals surface area contributed by atoms with E-state index in [1.165, 1.54) is 5.56 Å². The van der Waals surface area contributed by atoms with Crippen molar-refractivity contribution in [2.24, 2.45) is 5.92 Å². The third-order valence-corrected chi connectivity index (χ3v) is 4.57. The number of aromatic nitrogens is 1. The third-order valence-electron chi connectivity index (χ3n) is 3.81. The molecule has 3 nitrogen and oxygen atoms in total. The molecule has 0 saturated carbocycles. The number of hydrogen-bond donors (Lipinski definition) is 1. The van der Waals surface area contributed by atoms with Gasteiger partial charge in [0.15, 0.2) is 5.13 Å². The van der Waals surface area contributed by atoms with Crippen LogP contribution < -0.4 is 10.1 Å². The zero-order valence-electron chi connectivity index (χ0n) is 15.4. The second-order valence-electron chi connectivity index (χ2n) is 6.42. The summed E-state index contributed by atoms with van der Waals surface area (Å²) in [5.41, 5.74) is 4.55. The number of anilines is 2. The highest BCUT2D eigenvalue weighted by atomic mass is 79.9. The predicted octanol–water partition coefficient (Wildman–Crippen LogP) is 6.73. The second-order valence-corrected chi connectivity index (χ2v) is 7.27. The summed E-state index contributed by atoms with van der Waals surface area (Å²) in [6.45, 7) is 7.15. The van der Waals surface area contributed by atoms with Crippen LogP contribution in [-0.4, -0.2) is 11.6 Å². The van der Waals surface area contributed by atoms with Gasteiger partial charge in [-0.2, -0.15) is 0 Å². The van der Waals surface area contributed by atoms with Crippen LogP contribution in [0.5, 0.6) is 5.75 Å². The van der Waals surface area contributed by atoms with E-state index in [1.807, 2.05) is 31.2 Å². The highest BCUT2D eigenvalue weighted by Gasteiger charge is 2.06. The number of ether oxygens (including phenoxy) is 1. The van der Waals surface area contributed by atoms with Gasteiger partial charge in [-0.05, 0) is 49.1 Å². The van der Waals surface area contributed by atoms with E-state index in [0.717, 1.165) is 34.2 Å². The van der Waals surface area contributed by atoms with E-state index in [0.29, 0.717) is 12.5 Å². The zero-order chi connectivity index (χ0) is 17.6. The smallest absolute Gasteiger partial charge is 0.187 e. The minimum Gasteiger partial charge on any atom is -0.494 e. The first-order valence-corrected chi connectivity index (χ1v) is 9.56. The highest BCUT2D eigenvalue weighted by Crippen LogP contribution is 2.28. The first-order valence-electron chi connectivity index (χ1n) is 8.68. The average Bonchev–Trinajstić information content (AvgIpc) is 3.05. The van der Waals surface area contributed by atoms with E-state index >= 15 is 0 Å². The summed E-state index contributed by atoms with van der Waals surface area (Å²) in [7, 11) is 0. The molecule has 138 valence electrons. The van der Waals surface area contributed by atoms with E-state index in [4.69, 9.17) is 9.72 Å². The Kier molecular flexibility index (Phi) is 7.66. The van der Waals surface area contributed by atoms with Gasteiger partial charge in [0.25, 0.3) is 0 Å². The molecule has 3 rings (SSSR count). The number of thiazole rings is 1. The molecule has 1 aromatic heterocycles. The van der Waals surface area contributed by atoms with Crippen LogP contribution in [0.15, 0.2) is 53.9 Å². The van der Waals surface area contributed by atoms with Crippen LogP contribution in [0.25, 0.3) is 11.3 Å². The Labute approximate surface area is 170 Å². The van der Waals surface area contributed by atoms with Gasteiger partial charge in [-0.1, -0.05) is 38.1 Å². The Bertz CT molecular complexity index is 798. The van der Waals surface area contributed by atoms with Crippen LogP contribution in [-0.2, 0) is 6.42 Å². The Morgan fingerprint density at radius 3 is 2.35 bits per heavy atom. The number of halogens is 1. The minimum atomic E-state index is 0. The summed E-state index contributed by atoms with van der Waals surface area (Å²) in [5.74, 6) is 1.56. The number of benzene rings is 2. The van der Waals surface area contributed by atoms with Crippen molar-refractivity contribution in [2.45, 2.75) is 27.2 Å². The highest BCUT2D eigenvalue weighted by molar-refractivity contribution is 8.93. The molecule has 1 heterocycles. The van der Waals surface area contributed by atoms with E-state index in [-0.39, 0.29) is 17.0 Å². The van der Waals surface area contributed by atoms with Gasteiger partial charge in [0, 0.05) is 16.6 Å². The zero-order valence-corrected chi connectivity index (χ0v) is 17.9. The van der Waals surface area contributed by atoms with Gasteiger partial charge in [-0.25, -0.2) is 4.98 Å². The number of hydrogen-bond acceptors (Lipinski definition) is 4. The molecule has 0 aliphatic heterocycles. The molecule has 0 spiro atoms. The van der Waals surface area contributed by atoms with E-state index in [9.17, 15) is 0 Å². The quantitative estimate of drug-likeness (QED) is 0.449. The summed E-state index contributed by atoms with van der Waals surface area (Å²) < 4.78 is 5.47. The lowest BCUT2D eigenvalue weighted by atomic mass is 10.0. The van der Waals surface area contributed by atoms with Crippen molar-refractivity contribution in [2.75, 3.05) is 11.9 Å². The lowest BCUT2D eigenvalue weighted by Crippen LogP contribution is -1.94. The molecule has 0 radical (unpaired) electrons. The molecule has 0 saturated heterocycles. The topological polar surface area (TPSA) is 34.1 Å².